The van der Waals surface area contributed by atoms with Gasteiger partial charge in [-0.25, -0.2) is 0 Å². The van der Waals surface area contributed by atoms with Gasteiger partial charge in [0.1, 0.15) is 18.1 Å². The molecule has 1 N–H and O–H groups in total. The first-order chi connectivity index (χ1) is 9.65. The van der Waals surface area contributed by atoms with Gasteiger partial charge in [0.15, 0.2) is 0 Å². The first kappa shape index (κ1) is 15.6. The van der Waals surface area contributed by atoms with Crippen molar-refractivity contribution in [2.24, 2.45) is 5.92 Å². The van der Waals surface area contributed by atoms with E-state index in [0.717, 1.165) is 24.6 Å². The molecule has 1 heterocycles. The maximum absolute atomic E-state index is 5.97. The third kappa shape index (κ3) is 4.95. The molecule has 1 aromatic heterocycles. The minimum atomic E-state index is 0.441. The molecule has 3 nitrogen and oxygen atoms in total. The van der Waals surface area contributed by atoms with Crippen LogP contribution in [-0.4, -0.2) is 12.6 Å². The second kappa shape index (κ2) is 7.84. The Labute approximate surface area is 123 Å². The van der Waals surface area contributed by atoms with Gasteiger partial charge in [-0.2, -0.15) is 0 Å². The van der Waals surface area contributed by atoms with E-state index < -0.39 is 0 Å². The Morgan fingerprint density at radius 2 is 2.05 bits per heavy atom. The highest BCUT2D eigenvalue weighted by Crippen LogP contribution is 2.22. The Morgan fingerprint density at radius 3 is 2.75 bits per heavy atom. The third-order valence-corrected chi connectivity index (χ3v) is 3.92. The fourth-order valence-electron chi connectivity index (χ4n) is 2.74. The lowest BCUT2D eigenvalue weighted by Crippen LogP contribution is -2.19. The number of rotatable bonds is 7. The van der Waals surface area contributed by atoms with E-state index in [4.69, 9.17) is 9.15 Å². The van der Waals surface area contributed by atoms with Crippen LogP contribution >= 0.6 is 0 Å². The highest BCUT2D eigenvalue weighted by Gasteiger charge is 2.15. The van der Waals surface area contributed by atoms with Gasteiger partial charge in [0.05, 0.1) is 12.6 Å². The zero-order valence-corrected chi connectivity index (χ0v) is 13.2. The lowest BCUT2D eigenvalue weighted by atomic mass is 9.98. The van der Waals surface area contributed by atoms with Crippen LogP contribution in [0, 0.1) is 12.8 Å². The first-order valence-corrected chi connectivity index (χ1v) is 8.05. The van der Waals surface area contributed by atoms with Gasteiger partial charge in [-0.15, -0.1) is 0 Å². The molecule has 0 radical (unpaired) electrons. The van der Waals surface area contributed by atoms with Crippen molar-refractivity contribution in [1.82, 2.24) is 5.32 Å². The molecule has 0 amide bonds. The summed E-state index contributed by atoms with van der Waals surface area (Å²) in [6.45, 7) is 8.99. The maximum Gasteiger partial charge on any atom is 0.130 e. The molecule has 20 heavy (non-hydrogen) atoms. The van der Waals surface area contributed by atoms with E-state index in [9.17, 15) is 0 Å². The quantitative estimate of drug-likeness (QED) is 0.813. The Hall–Kier alpha value is -0.800. The number of aryl methyl sites for hydroxylation is 1. The van der Waals surface area contributed by atoms with E-state index in [1.807, 2.05) is 0 Å². The van der Waals surface area contributed by atoms with Crippen LogP contribution < -0.4 is 5.32 Å². The van der Waals surface area contributed by atoms with Gasteiger partial charge in [0.25, 0.3) is 0 Å². The van der Waals surface area contributed by atoms with Crippen LogP contribution in [-0.2, 0) is 17.9 Å². The molecule has 0 atom stereocenters. The van der Waals surface area contributed by atoms with E-state index in [-0.39, 0.29) is 0 Å². The van der Waals surface area contributed by atoms with Crippen molar-refractivity contribution in [2.75, 3.05) is 6.54 Å². The Morgan fingerprint density at radius 1 is 1.30 bits per heavy atom. The average Bonchev–Trinajstić information content (AvgIpc) is 2.78. The Balaban J connectivity index is 1.77. The topological polar surface area (TPSA) is 34.4 Å². The largest absolute Gasteiger partial charge is 0.462 e. The van der Waals surface area contributed by atoms with Crippen LogP contribution in [0.25, 0.3) is 0 Å². The molecule has 0 saturated heterocycles. The molecule has 1 aliphatic rings. The Kier molecular flexibility index (Phi) is 6.11. The van der Waals surface area contributed by atoms with Crippen LogP contribution in [0.1, 0.15) is 63.0 Å². The molecule has 114 valence electrons. The molecule has 0 aliphatic heterocycles. The van der Waals surface area contributed by atoms with E-state index in [1.54, 1.807) is 0 Å². The number of nitrogens with one attached hydrogen (secondary N) is 1. The zero-order chi connectivity index (χ0) is 14.4. The third-order valence-electron chi connectivity index (χ3n) is 3.92. The number of furan rings is 1. The van der Waals surface area contributed by atoms with Crippen molar-refractivity contribution in [3.8, 4) is 0 Å². The van der Waals surface area contributed by atoms with Gasteiger partial charge in [-0.1, -0.05) is 33.1 Å². The lowest BCUT2D eigenvalue weighted by Gasteiger charge is -2.21. The molecule has 3 heteroatoms. The number of hydrogen-bond acceptors (Lipinski definition) is 3. The van der Waals surface area contributed by atoms with Crippen molar-refractivity contribution in [1.29, 1.82) is 0 Å². The summed E-state index contributed by atoms with van der Waals surface area (Å²) in [5.41, 5.74) is 1.23. The molecular weight excluding hydrogens is 250 g/mol. The van der Waals surface area contributed by atoms with E-state index >= 15 is 0 Å². The van der Waals surface area contributed by atoms with Gasteiger partial charge < -0.3 is 14.5 Å². The van der Waals surface area contributed by atoms with E-state index in [0.29, 0.717) is 18.6 Å². The summed E-state index contributed by atoms with van der Waals surface area (Å²) >= 11 is 0. The van der Waals surface area contributed by atoms with E-state index in [1.165, 1.54) is 37.7 Å². The molecule has 0 aromatic carbocycles. The molecule has 1 aliphatic carbocycles. The summed E-state index contributed by atoms with van der Waals surface area (Å²) in [5, 5.41) is 3.43. The first-order valence-electron chi connectivity index (χ1n) is 8.05. The highest BCUT2D eigenvalue weighted by molar-refractivity contribution is 5.19. The summed E-state index contributed by atoms with van der Waals surface area (Å²) in [5.74, 6) is 2.68. The fourth-order valence-corrected chi connectivity index (χ4v) is 2.74. The minimum absolute atomic E-state index is 0.441. The average molecular weight is 279 g/mol. The van der Waals surface area contributed by atoms with Crippen molar-refractivity contribution in [3.05, 3.63) is 23.2 Å². The zero-order valence-electron chi connectivity index (χ0n) is 13.2. The van der Waals surface area contributed by atoms with E-state index in [2.05, 4.69) is 32.2 Å². The predicted octanol–water partition coefficient (Wildman–Crippen LogP) is 4.18. The van der Waals surface area contributed by atoms with Crippen LogP contribution in [0.15, 0.2) is 10.5 Å². The van der Waals surface area contributed by atoms with Gasteiger partial charge in [0, 0.05) is 0 Å². The highest BCUT2D eigenvalue weighted by atomic mass is 16.5. The van der Waals surface area contributed by atoms with Gasteiger partial charge in [-0.05, 0) is 43.9 Å². The molecule has 0 spiro atoms. The normalized spacial score (nSPS) is 17.0. The molecule has 0 unspecified atom stereocenters. The smallest absolute Gasteiger partial charge is 0.130 e. The van der Waals surface area contributed by atoms with Gasteiger partial charge in [0.2, 0.25) is 0 Å². The lowest BCUT2D eigenvalue weighted by molar-refractivity contribution is 0.00835. The summed E-state index contributed by atoms with van der Waals surface area (Å²) < 4.78 is 11.9. The number of hydrogen-bond donors (Lipinski definition) is 1. The molecule has 1 fully saturated rings. The van der Waals surface area contributed by atoms with Crippen LogP contribution in [0.3, 0.4) is 0 Å². The maximum atomic E-state index is 5.97. The summed E-state index contributed by atoms with van der Waals surface area (Å²) in [4.78, 5) is 0. The van der Waals surface area contributed by atoms with Crippen molar-refractivity contribution < 1.29 is 9.15 Å². The standard InChI is InChI=1S/C17H29NO2/c1-13(2)10-18-11-17-14(3)9-16(20-17)12-19-15-7-5-4-6-8-15/h9,13,15,18H,4-8,10-12H2,1-3H3. The predicted molar refractivity (Wildman–Crippen MR) is 81.7 cm³/mol. The van der Waals surface area contributed by atoms with Crippen molar-refractivity contribution in [2.45, 2.75) is 72.1 Å². The Bertz CT molecular complexity index is 392. The van der Waals surface area contributed by atoms with Gasteiger partial charge in [-0.3, -0.25) is 0 Å². The second-order valence-electron chi connectivity index (χ2n) is 6.41. The SMILES string of the molecule is Cc1cc(COC2CCCCC2)oc1CNCC(C)C. The fraction of sp³-hybridized carbons (Fsp3) is 0.765. The monoisotopic (exact) mass is 279 g/mol. The van der Waals surface area contributed by atoms with Crippen LogP contribution in [0.4, 0.5) is 0 Å². The van der Waals surface area contributed by atoms with Crippen LogP contribution in [0.5, 0.6) is 0 Å². The number of ether oxygens (including phenoxy) is 1. The van der Waals surface area contributed by atoms with Crippen molar-refractivity contribution in [3.63, 3.8) is 0 Å². The molecule has 0 bridgehead atoms. The minimum Gasteiger partial charge on any atom is -0.462 e. The molecule has 2 rings (SSSR count). The van der Waals surface area contributed by atoms with Crippen LogP contribution in [0.2, 0.25) is 0 Å². The van der Waals surface area contributed by atoms with Crippen molar-refractivity contribution >= 4 is 0 Å². The summed E-state index contributed by atoms with van der Waals surface area (Å²) in [6, 6.07) is 2.12. The summed E-state index contributed by atoms with van der Waals surface area (Å²) in [7, 11) is 0. The molecule has 1 saturated carbocycles. The molecular formula is C17H29NO2. The molecule has 1 aromatic rings. The van der Waals surface area contributed by atoms with Gasteiger partial charge >= 0.3 is 0 Å². The second-order valence-corrected chi connectivity index (χ2v) is 6.41. The summed E-state index contributed by atoms with van der Waals surface area (Å²) in [6.07, 6.45) is 6.85.